The van der Waals surface area contributed by atoms with Gasteiger partial charge in [-0.1, -0.05) is 49.2 Å². The number of aliphatic hydroxyl groups excluding tert-OH is 1. The fourth-order valence-corrected chi connectivity index (χ4v) is 10.3. The van der Waals surface area contributed by atoms with Crippen LogP contribution in [0.4, 0.5) is 4.39 Å². The summed E-state index contributed by atoms with van der Waals surface area (Å²) < 4.78 is 51.5. The Morgan fingerprint density at radius 1 is 0.921 bits per heavy atom. The summed E-state index contributed by atoms with van der Waals surface area (Å²) in [5.41, 5.74) is -0.937. The van der Waals surface area contributed by atoms with E-state index in [0.717, 1.165) is 42.6 Å². The van der Waals surface area contributed by atoms with Gasteiger partial charge in [0.25, 0.3) is 5.91 Å². The van der Waals surface area contributed by atoms with E-state index >= 15 is 4.39 Å². The Bertz CT molecular complexity index is 2170. The number of halogens is 1. The molecule has 3 saturated heterocycles. The van der Waals surface area contributed by atoms with Crippen LogP contribution in [0.3, 0.4) is 0 Å². The number of alkyl halides is 1. The van der Waals surface area contributed by atoms with Gasteiger partial charge in [0.15, 0.2) is 6.35 Å². The Morgan fingerprint density at radius 2 is 1.57 bits per heavy atom. The lowest BCUT2D eigenvalue weighted by atomic mass is 9.90. The molecular weight excluding hydrogens is 853 g/mol. The first-order valence-electron chi connectivity index (χ1n) is 21.4. The van der Waals surface area contributed by atoms with Crippen LogP contribution in [0.5, 0.6) is 0 Å². The van der Waals surface area contributed by atoms with E-state index < -0.39 is 74.3 Å². The third-order valence-corrected chi connectivity index (χ3v) is 14.6. The number of likely N-dealkylation sites (tertiary alicyclic amines) is 1. The number of nitriles is 1. The van der Waals surface area contributed by atoms with Crippen molar-refractivity contribution >= 4 is 52.8 Å². The van der Waals surface area contributed by atoms with E-state index in [1.54, 1.807) is 58.6 Å². The molecule has 0 radical (unpaired) electrons. The van der Waals surface area contributed by atoms with Crippen LogP contribution in [0.2, 0.25) is 0 Å². The van der Waals surface area contributed by atoms with Crippen LogP contribution in [-0.4, -0.2) is 90.4 Å². The summed E-state index contributed by atoms with van der Waals surface area (Å²) in [7, 11) is -4.81. The maximum atomic E-state index is 16.3. The van der Waals surface area contributed by atoms with Crippen molar-refractivity contribution in [2.45, 2.75) is 110 Å². The molecule has 2 amide bonds. The lowest BCUT2D eigenvalue weighted by Crippen LogP contribution is -2.62. The number of nitrogens with zero attached hydrogens (tertiary/aromatic N) is 3. The van der Waals surface area contributed by atoms with Gasteiger partial charge in [-0.25, -0.2) is 4.39 Å². The molecule has 2 unspecified atom stereocenters. The highest BCUT2D eigenvalue weighted by molar-refractivity contribution is 7.54. The minimum atomic E-state index is -4.81. The number of rotatable bonds is 14. The number of hydrogen-bond acceptors (Lipinski definition) is 14. The number of benzene rings is 2. The van der Waals surface area contributed by atoms with Gasteiger partial charge >= 0.3 is 19.5 Å². The third-order valence-electron chi connectivity index (χ3n) is 11.7. The van der Waals surface area contributed by atoms with Gasteiger partial charge in [-0.05, 0) is 108 Å². The Labute approximate surface area is 372 Å². The van der Waals surface area contributed by atoms with E-state index in [1.165, 1.54) is 12.1 Å². The van der Waals surface area contributed by atoms with E-state index in [1.807, 2.05) is 35.2 Å². The van der Waals surface area contributed by atoms with Crippen LogP contribution in [0.15, 0.2) is 54.6 Å². The van der Waals surface area contributed by atoms with E-state index in [9.17, 15) is 34.1 Å². The zero-order valence-electron chi connectivity index (χ0n) is 36.7. The van der Waals surface area contributed by atoms with Crippen molar-refractivity contribution in [2.75, 3.05) is 33.2 Å². The first-order valence-corrected chi connectivity index (χ1v) is 23.8. The van der Waals surface area contributed by atoms with E-state index in [4.69, 9.17) is 18.5 Å². The summed E-state index contributed by atoms with van der Waals surface area (Å²) in [6.45, 7) is 9.16. The first kappa shape index (κ1) is 48.2. The second kappa shape index (κ2) is 20.3. The highest BCUT2D eigenvalue weighted by atomic mass is 32.1. The molecular formula is C45H59FN5O10PS. The van der Waals surface area contributed by atoms with Crippen molar-refractivity contribution in [3.63, 3.8) is 0 Å². The van der Waals surface area contributed by atoms with Gasteiger partial charge < -0.3 is 24.8 Å². The second-order valence-electron chi connectivity index (χ2n) is 18.6. The molecule has 6 rings (SSSR count). The van der Waals surface area contributed by atoms with Crippen molar-refractivity contribution < 1.29 is 51.8 Å². The number of nitrogens with one attached hydrogen (secondary N) is 2. The lowest BCUT2D eigenvalue weighted by Gasteiger charge is -2.42. The standard InChI is InChI=1S/C45H59FN5O10PS/c1-44(2,3)41(54)58-26-60-62(57,61-27-59-42(55)45(4,5)6)38(46)30-17-18-35-31(20-30)21-36(63-35)39(52)48-34-15-11-10-12-28-16-19-37(51(23-28)40(34)53)49-43(56)50-24-32(22-47)33(25-50)29-13-8-7-9-14-29/h7-9,13-14,17-18,20-21,28,32-34,37-38,43,49,56H,10-12,15-16,19,23-27H2,1-6H3,(H,48,52)/t28-,32+,33-,34?,37+,38-,43?/m1/s1. The van der Waals surface area contributed by atoms with Gasteiger partial charge in [-0.3, -0.25) is 43.0 Å². The number of carbonyl (C=O) groups excluding carboxylic acids is 4. The van der Waals surface area contributed by atoms with E-state index in [0.29, 0.717) is 42.6 Å². The predicted molar refractivity (Wildman–Crippen MR) is 233 cm³/mol. The molecule has 3 aliphatic heterocycles. The van der Waals surface area contributed by atoms with Crippen molar-refractivity contribution in [3.8, 4) is 6.07 Å². The van der Waals surface area contributed by atoms with Crippen molar-refractivity contribution in [2.24, 2.45) is 22.7 Å². The number of hydrogen-bond donors (Lipinski definition) is 3. The van der Waals surface area contributed by atoms with E-state index in [2.05, 4.69) is 16.7 Å². The molecule has 18 heteroatoms. The number of carbonyl (C=O) groups is 4. The molecule has 0 aliphatic carbocycles. The molecule has 3 N–H and O–H groups in total. The van der Waals surface area contributed by atoms with Crippen LogP contribution in [-0.2, 0) is 37.5 Å². The Hall–Kier alpha value is -4.27. The molecule has 1 aromatic heterocycles. The Balaban J connectivity index is 1.14. The van der Waals surface area contributed by atoms with Crippen LogP contribution in [0.25, 0.3) is 10.1 Å². The van der Waals surface area contributed by atoms with Gasteiger partial charge in [-0.15, -0.1) is 11.3 Å². The number of piperidine rings is 1. The third kappa shape index (κ3) is 11.9. The number of amides is 2. The Kier molecular flexibility index (Phi) is 15.5. The van der Waals surface area contributed by atoms with Gasteiger partial charge in [0.1, 0.15) is 6.04 Å². The fourth-order valence-electron chi connectivity index (χ4n) is 8.06. The van der Waals surface area contributed by atoms with Gasteiger partial charge in [0, 0.05) is 30.3 Å². The van der Waals surface area contributed by atoms with Gasteiger partial charge in [0.05, 0.1) is 33.9 Å². The molecule has 0 saturated carbocycles. The molecule has 2 aromatic carbocycles. The largest absolute Gasteiger partial charge is 0.438 e. The zero-order chi connectivity index (χ0) is 45.7. The van der Waals surface area contributed by atoms with Gasteiger partial charge in [-0.2, -0.15) is 5.26 Å². The molecule has 15 nitrogen and oxygen atoms in total. The SMILES string of the molecule is CC(C)(C)C(=O)OCOP(=O)(OCOC(=O)C(C)(C)C)[C@@H](F)c1ccc2sc(C(=O)NC3CCCC[C@@H]4CC[C@@H](NC(O)N5C[C@H](c6ccccc6)[C@@H](C#N)C5)N(C4)C3=O)cc2c1. The van der Waals surface area contributed by atoms with Crippen molar-refractivity contribution in [3.05, 3.63) is 70.6 Å². The zero-order valence-corrected chi connectivity index (χ0v) is 38.4. The van der Waals surface area contributed by atoms with Crippen LogP contribution < -0.4 is 10.6 Å². The minimum absolute atomic E-state index is 0.0635. The van der Waals surface area contributed by atoms with Crippen molar-refractivity contribution in [1.82, 2.24) is 20.4 Å². The molecule has 342 valence electrons. The Morgan fingerprint density at radius 3 is 2.21 bits per heavy atom. The molecule has 4 heterocycles. The lowest BCUT2D eigenvalue weighted by molar-refractivity contribution is -0.162. The maximum absolute atomic E-state index is 16.3. The molecule has 2 bridgehead atoms. The molecule has 0 spiro atoms. The summed E-state index contributed by atoms with van der Waals surface area (Å²) in [5, 5.41) is 28.1. The summed E-state index contributed by atoms with van der Waals surface area (Å²) >= 11 is 1.14. The smallest absolute Gasteiger partial charge is 0.374 e. The van der Waals surface area contributed by atoms with Crippen LogP contribution in [0, 0.1) is 34.0 Å². The number of thiophene rings is 1. The average molecular weight is 912 g/mol. The average Bonchev–Trinajstić information content (AvgIpc) is 3.90. The molecule has 3 aromatic rings. The van der Waals surface area contributed by atoms with Gasteiger partial charge in [0.2, 0.25) is 25.4 Å². The maximum Gasteiger partial charge on any atom is 0.374 e. The van der Waals surface area contributed by atoms with Crippen LogP contribution >= 0.6 is 18.9 Å². The second-order valence-corrected chi connectivity index (χ2v) is 21.8. The normalized spacial score (nSPS) is 23.5. The number of esters is 2. The topological polar surface area (TPSA) is 197 Å². The molecule has 7 atom stereocenters. The summed E-state index contributed by atoms with van der Waals surface area (Å²) in [4.78, 5) is 56.8. The number of ether oxygens (including phenoxy) is 2. The predicted octanol–water partition coefficient (Wildman–Crippen LogP) is 7.53. The quantitative estimate of drug-likeness (QED) is 0.0816. The highest BCUT2D eigenvalue weighted by Crippen LogP contribution is 2.62. The van der Waals surface area contributed by atoms with Crippen molar-refractivity contribution in [1.29, 1.82) is 5.26 Å². The molecule has 3 fully saturated rings. The summed E-state index contributed by atoms with van der Waals surface area (Å²) in [6, 6.07) is 17.2. The summed E-state index contributed by atoms with van der Waals surface area (Å²) in [6.07, 6.45) is 2.90. The number of aliphatic hydroxyl groups is 1. The molecule has 63 heavy (non-hydrogen) atoms. The first-order chi connectivity index (χ1) is 29.8. The summed E-state index contributed by atoms with van der Waals surface area (Å²) in [5.74, 6) is -4.61. The van der Waals surface area contributed by atoms with E-state index in [-0.39, 0.29) is 34.1 Å². The monoisotopic (exact) mass is 911 g/mol. The van der Waals surface area contributed by atoms with Crippen LogP contribution in [0.1, 0.15) is 113 Å². The molecule has 3 aliphatic rings. The number of fused-ring (bicyclic) bond motifs is 3. The minimum Gasteiger partial charge on any atom is -0.438 e. The fraction of sp³-hybridized carbons (Fsp3) is 0.578. The highest BCUT2D eigenvalue weighted by Gasteiger charge is 2.42.